The molecule has 0 amide bonds. The summed E-state index contributed by atoms with van der Waals surface area (Å²) in [6.07, 6.45) is 0.230. The first-order chi connectivity index (χ1) is 7.24. The zero-order chi connectivity index (χ0) is 11.1. The lowest BCUT2D eigenvalue weighted by Gasteiger charge is -2.09. The number of carbonyl (C=O) groups is 1. The van der Waals surface area contributed by atoms with E-state index in [0.717, 1.165) is 5.56 Å². The summed E-state index contributed by atoms with van der Waals surface area (Å²) in [7, 11) is 0. The Balaban J connectivity index is 0.00000225. The van der Waals surface area contributed by atoms with Crippen LogP contribution < -0.4 is 5.73 Å². The number of rotatable bonds is 5. The summed E-state index contributed by atoms with van der Waals surface area (Å²) in [5, 5.41) is 8.58. The molecule has 0 saturated heterocycles. The maximum Gasteiger partial charge on any atom is 0.323 e. The Labute approximate surface area is 101 Å². The molecule has 0 heterocycles. The number of hydrogen-bond donors (Lipinski definition) is 2. The van der Waals surface area contributed by atoms with Crippen LogP contribution in [0.4, 0.5) is 0 Å². The zero-order valence-corrected chi connectivity index (χ0v) is 9.65. The van der Waals surface area contributed by atoms with Crippen LogP contribution in [0.25, 0.3) is 0 Å². The van der Waals surface area contributed by atoms with Gasteiger partial charge in [0.15, 0.2) is 0 Å². The average Bonchev–Trinajstić information content (AvgIpc) is 2.27. The molecule has 5 heteroatoms. The number of halogens is 1. The summed E-state index contributed by atoms with van der Waals surface area (Å²) in [5.74, 6) is -0.479. The van der Waals surface area contributed by atoms with Crippen LogP contribution in [0.1, 0.15) is 12.0 Å². The van der Waals surface area contributed by atoms with Crippen LogP contribution in [-0.2, 0) is 16.1 Å². The second-order valence-corrected chi connectivity index (χ2v) is 3.21. The predicted octanol–water partition coefficient (Wildman–Crippen LogP) is 0.861. The number of nitrogens with two attached hydrogens (primary N) is 1. The fourth-order valence-electron chi connectivity index (χ4n) is 1.09. The number of esters is 1. The number of carbonyl (C=O) groups excluding carboxylic acids is 1. The molecule has 0 radical (unpaired) electrons. The van der Waals surface area contributed by atoms with Crippen molar-refractivity contribution in [2.75, 3.05) is 6.61 Å². The summed E-state index contributed by atoms with van der Waals surface area (Å²) >= 11 is 0. The van der Waals surface area contributed by atoms with Gasteiger partial charge in [0, 0.05) is 6.61 Å². The topological polar surface area (TPSA) is 72.5 Å². The second-order valence-electron chi connectivity index (χ2n) is 3.21. The quantitative estimate of drug-likeness (QED) is 0.755. The van der Waals surface area contributed by atoms with Gasteiger partial charge in [0.1, 0.15) is 12.6 Å². The van der Waals surface area contributed by atoms with Crippen LogP contribution in [0.15, 0.2) is 30.3 Å². The van der Waals surface area contributed by atoms with Crippen LogP contribution in [0.5, 0.6) is 0 Å². The Morgan fingerprint density at radius 3 is 2.56 bits per heavy atom. The Morgan fingerprint density at radius 1 is 1.38 bits per heavy atom. The lowest BCUT2D eigenvalue weighted by atomic mass is 10.2. The summed E-state index contributed by atoms with van der Waals surface area (Å²) in [4.78, 5) is 11.2. The third-order valence-corrected chi connectivity index (χ3v) is 1.97. The van der Waals surface area contributed by atoms with Crippen molar-refractivity contribution in [1.82, 2.24) is 0 Å². The van der Waals surface area contributed by atoms with Crippen molar-refractivity contribution < 1.29 is 14.6 Å². The van der Waals surface area contributed by atoms with E-state index in [0.29, 0.717) is 0 Å². The molecule has 0 aromatic heterocycles. The van der Waals surface area contributed by atoms with Crippen molar-refractivity contribution in [3.05, 3.63) is 35.9 Å². The molecule has 0 spiro atoms. The highest BCUT2D eigenvalue weighted by Gasteiger charge is 2.13. The van der Waals surface area contributed by atoms with E-state index < -0.39 is 12.0 Å². The highest BCUT2D eigenvalue weighted by atomic mass is 35.5. The Kier molecular flexibility index (Phi) is 7.54. The number of benzene rings is 1. The average molecular weight is 246 g/mol. The minimum atomic E-state index is -0.737. The standard InChI is InChI=1S/C11H15NO3.ClH/c12-10(6-7-13)11(14)15-8-9-4-2-1-3-5-9;/h1-5,10,13H,6-8,12H2;1H. The van der Waals surface area contributed by atoms with Crippen molar-refractivity contribution in [2.45, 2.75) is 19.1 Å². The van der Waals surface area contributed by atoms with Crippen molar-refractivity contribution in [1.29, 1.82) is 0 Å². The molecule has 1 aromatic rings. The molecule has 0 aliphatic heterocycles. The van der Waals surface area contributed by atoms with Gasteiger partial charge in [0.05, 0.1) is 0 Å². The molecule has 3 N–H and O–H groups in total. The summed E-state index contributed by atoms with van der Waals surface area (Å²) in [6.45, 7) is 0.112. The maximum atomic E-state index is 11.2. The van der Waals surface area contributed by atoms with E-state index in [-0.39, 0.29) is 32.0 Å². The van der Waals surface area contributed by atoms with Crippen molar-refractivity contribution in [3.63, 3.8) is 0 Å². The van der Waals surface area contributed by atoms with Crippen LogP contribution in [-0.4, -0.2) is 23.7 Å². The summed E-state index contributed by atoms with van der Waals surface area (Å²) in [6, 6.07) is 8.63. The molecule has 0 aliphatic carbocycles. The molecule has 0 fully saturated rings. The highest BCUT2D eigenvalue weighted by molar-refractivity contribution is 5.85. The molecular formula is C11H16ClNO3. The number of hydrogen-bond acceptors (Lipinski definition) is 4. The van der Waals surface area contributed by atoms with E-state index in [1.165, 1.54) is 0 Å². The largest absolute Gasteiger partial charge is 0.460 e. The minimum absolute atomic E-state index is 0. The molecule has 0 bridgehead atoms. The fraction of sp³-hybridized carbons (Fsp3) is 0.364. The van der Waals surface area contributed by atoms with E-state index in [1.54, 1.807) is 0 Å². The summed E-state index contributed by atoms with van der Waals surface area (Å²) in [5.41, 5.74) is 6.38. The van der Waals surface area contributed by atoms with Gasteiger partial charge >= 0.3 is 5.97 Å². The molecule has 90 valence electrons. The molecule has 1 unspecified atom stereocenters. The fourth-order valence-corrected chi connectivity index (χ4v) is 1.09. The maximum absolute atomic E-state index is 11.2. The van der Waals surface area contributed by atoms with Crippen molar-refractivity contribution in [3.8, 4) is 0 Å². The van der Waals surface area contributed by atoms with Gasteiger partial charge in [-0.1, -0.05) is 30.3 Å². The molecular weight excluding hydrogens is 230 g/mol. The van der Waals surface area contributed by atoms with Crippen LogP contribution in [0, 0.1) is 0 Å². The molecule has 1 rings (SSSR count). The van der Waals surface area contributed by atoms with Gasteiger partial charge < -0.3 is 15.6 Å². The van der Waals surface area contributed by atoms with Gasteiger partial charge in [-0.25, -0.2) is 0 Å². The van der Waals surface area contributed by atoms with E-state index in [2.05, 4.69) is 0 Å². The van der Waals surface area contributed by atoms with Crippen molar-refractivity contribution in [2.24, 2.45) is 5.73 Å². The Hall–Kier alpha value is -1.10. The number of aliphatic hydroxyl groups is 1. The SMILES string of the molecule is Cl.NC(CCO)C(=O)OCc1ccccc1. The zero-order valence-electron chi connectivity index (χ0n) is 8.83. The monoisotopic (exact) mass is 245 g/mol. The minimum Gasteiger partial charge on any atom is -0.460 e. The highest BCUT2D eigenvalue weighted by Crippen LogP contribution is 2.02. The smallest absolute Gasteiger partial charge is 0.323 e. The van der Waals surface area contributed by atoms with Crippen LogP contribution in [0.2, 0.25) is 0 Å². The molecule has 0 aliphatic rings. The van der Waals surface area contributed by atoms with Gasteiger partial charge in [-0.05, 0) is 12.0 Å². The van der Waals surface area contributed by atoms with Gasteiger partial charge in [-0.3, -0.25) is 4.79 Å². The van der Waals surface area contributed by atoms with E-state index in [9.17, 15) is 4.79 Å². The first-order valence-corrected chi connectivity index (χ1v) is 4.81. The van der Waals surface area contributed by atoms with E-state index in [4.69, 9.17) is 15.6 Å². The molecule has 1 atom stereocenters. The Morgan fingerprint density at radius 2 is 2.00 bits per heavy atom. The molecule has 16 heavy (non-hydrogen) atoms. The predicted molar refractivity (Wildman–Crippen MR) is 63.2 cm³/mol. The van der Waals surface area contributed by atoms with E-state index in [1.807, 2.05) is 30.3 Å². The first-order valence-electron chi connectivity index (χ1n) is 4.81. The first kappa shape index (κ1) is 14.9. The summed E-state index contributed by atoms with van der Waals surface area (Å²) < 4.78 is 4.97. The number of aliphatic hydroxyl groups excluding tert-OH is 1. The van der Waals surface area contributed by atoms with Crippen molar-refractivity contribution >= 4 is 18.4 Å². The van der Waals surface area contributed by atoms with Gasteiger partial charge in [-0.2, -0.15) is 0 Å². The Bertz CT molecular complexity index is 305. The van der Waals surface area contributed by atoms with Crippen LogP contribution >= 0.6 is 12.4 Å². The molecule has 4 nitrogen and oxygen atoms in total. The lowest BCUT2D eigenvalue weighted by molar-refractivity contribution is -0.146. The third-order valence-electron chi connectivity index (χ3n) is 1.97. The normalized spacial score (nSPS) is 11.4. The van der Waals surface area contributed by atoms with Gasteiger partial charge in [-0.15, -0.1) is 12.4 Å². The van der Waals surface area contributed by atoms with Gasteiger partial charge in [0.2, 0.25) is 0 Å². The van der Waals surface area contributed by atoms with Gasteiger partial charge in [0.25, 0.3) is 0 Å². The molecule has 0 saturated carbocycles. The van der Waals surface area contributed by atoms with Crippen LogP contribution in [0.3, 0.4) is 0 Å². The lowest BCUT2D eigenvalue weighted by Crippen LogP contribution is -2.33. The van der Waals surface area contributed by atoms with E-state index >= 15 is 0 Å². The third kappa shape index (κ3) is 5.11. The molecule has 1 aromatic carbocycles. The second kappa shape index (κ2) is 8.10. The number of ether oxygens (including phenoxy) is 1.